The van der Waals surface area contributed by atoms with Gasteiger partial charge in [-0.05, 0) is 23.6 Å². The number of hydrogen-bond acceptors (Lipinski definition) is 3. The summed E-state index contributed by atoms with van der Waals surface area (Å²) in [5.74, 6) is -1.06. The maximum Gasteiger partial charge on any atom is 0.305 e. The van der Waals surface area contributed by atoms with Gasteiger partial charge in [0.1, 0.15) is 0 Å². The highest BCUT2D eigenvalue weighted by Crippen LogP contribution is 2.16. The molecular formula is C20H23ClN2O4. The number of benzene rings is 1. The molecule has 0 aliphatic rings. The van der Waals surface area contributed by atoms with Crippen LogP contribution in [-0.2, 0) is 11.3 Å². The maximum absolute atomic E-state index is 12.9. The third-order valence-corrected chi connectivity index (χ3v) is 4.37. The van der Waals surface area contributed by atoms with Crippen LogP contribution in [0.2, 0.25) is 5.02 Å². The second-order valence-electron chi connectivity index (χ2n) is 6.76. The Morgan fingerprint density at radius 1 is 1.19 bits per heavy atom. The molecular weight excluding hydrogens is 368 g/mol. The lowest BCUT2D eigenvalue weighted by Gasteiger charge is -2.24. The quantitative estimate of drug-likeness (QED) is 0.751. The fourth-order valence-corrected chi connectivity index (χ4v) is 2.92. The SMILES string of the molecule is CC(C)CN(CCC(=O)O)C(=O)c1ccc(=O)n(Cc2ccccc2Cl)c1. The minimum absolute atomic E-state index is 0.121. The molecule has 0 fully saturated rings. The Morgan fingerprint density at radius 3 is 2.52 bits per heavy atom. The molecule has 1 amide bonds. The summed E-state index contributed by atoms with van der Waals surface area (Å²) in [4.78, 5) is 37.5. The smallest absolute Gasteiger partial charge is 0.305 e. The zero-order valence-electron chi connectivity index (χ0n) is 15.4. The molecule has 1 N–H and O–H groups in total. The first-order valence-corrected chi connectivity index (χ1v) is 9.10. The van der Waals surface area contributed by atoms with E-state index in [9.17, 15) is 14.4 Å². The molecule has 1 aromatic carbocycles. The van der Waals surface area contributed by atoms with Gasteiger partial charge in [0.15, 0.2) is 0 Å². The molecule has 1 aromatic heterocycles. The summed E-state index contributed by atoms with van der Waals surface area (Å²) in [6, 6.07) is 10.0. The van der Waals surface area contributed by atoms with Crippen molar-refractivity contribution in [3.63, 3.8) is 0 Å². The van der Waals surface area contributed by atoms with Gasteiger partial charge in [-0.3, -0.25) is 14.4 Å². The van der Waals surface area contributed by atoms with Crippen molar-refractivity contribution >= 4 is 23.5 Å². The van der Waals surface area contributed by atoms with Crippen LogP contribution in [0.25, 0.3) is 0 Å². The minimum Gasteiger partial charge on any atom is -0.481 e. The average molecular weight is 391 g/mol. The van der Waals surface area contributed by atoms with Crippen molar-refractivity contribution in [1.82, 2.24) is 9.47 Å². The molecule has 6 nitrogen and oxygen atoms in total. The molecule has 1 heterocycles. The van der Waals surface area contributed by atoms with E-state index < -0.39 is 5.97 Å². The molecule has 2 rings (SSSR count). The van der Waals surface area contributed by atoms with Crippen LogP contribution in [0, 0.1) is 5.92 Å². The van der Waals surface area contributed by atoms with Crippen LogP contribution in [-0.4, -0.2) is 39.5 Å². The molecule has 0 bridgehead atoms. The number of carbonyl (C=O) groups excluding carboxylic acids is 1. The van der Waals surface area contributed by atoms with Crippen LogP contribution in [0.3, 0.4) is 0 Å². The van der Waals surface area contributed by atoms with Crippen LogP contribution < -0.4 is 5.56 Å². The number of nitrogens with zero attached hydrogens (tertiary/aromatic N) is 2. The van der Waals surface area contributed by atoms with Gasteiger partial charge in [-0.15, -0.1) is 0 Å². The number of hydrogen-bond donors (Lipinski definition) is 1. The zero-order valence-corrected chi connectivity index (χ0v) is 16.1. The number of carboxylic acid groups (broad SMARTS) is 1. The second-order valence-corrected chi connectivity index (χ2v) is 7.17. The Kier molecular flexibility index (Phi) is 7.19. The fraction of sp³-hybridized carbons (Fsp3) is 0.350. The Hall–Kier alpha value is -2.60. The van der Waals surface area contributed by atoms with Crippen molar-refractivity contribution in [2.75, 3.05) is 13.1 Å². The van der Waals surface area contributed by atoms with Crippen LogP contribution in [0.15, 0.2) is 47.4 Å². The first kappa shape index (κ1) is 20.7. The number of aromatic nitrogens is 1. The van der Waals surface area contributed by atoms with Crippen molar-refractivity contribution in [2.24, 2.45) is 5.92 Å². The van der Waals surface area contributed by atoms with Crippen molar-refractivity contribution in [3.05, 3.63) is 69.1 Å². The van der Waals surface area contributed by atoms with E-state index in [0.29, 0.717) is 17.1 Å². The lowest BCUT2D eigenvalue weighted by atomic mass is 10.1. The lowest BCUT2D eigenvalue weighted by Crippen LogP contribution is -2.36. The summed E-state index contributed by atoms with van der Waals surface area (Å²) in [6.07, 6.45) is 1.37. The highest BCUT2D eigenvalue weighted by atomic mass is 35.5. The third kappa shape index (κ3) is 5.96. The summed E-state index contributed by atoms with van der Waals surface area (Å²) in [7, 11) is 0. The number of aliphatic carboxylic acids is 1. The molecule has 0 aliphatic carbocycles. The first-order chi connectivity index (χ1) is 12.8. The van der Waals surface area contributed by atoms with Crippen LogP contribution in [0.4, 0.5) is 0 Å². The standard InChI is InChI=1S/C20H23ClN2O4/c1-14(2)11-22(10-9-19(25)26)20(27)16-7-8-18(24)23(13-16)12-15-5-3-4-6-17(15)21/h3-8,13-14H,9-12H2,1-2H3,(H,25,26). The number of pyridine rings is 1. The molecule has 144 valence electrons. The van der Waals surface area contributed by atoms with E-state index in [0.717, 1.165) is 5.56 Å². The van der Waals surface area contributed by atoms with E-state index in [1.807, 2.05) is 26.0 Å². The molecule has 0 spiro atoms. The van der Waals surface area contributed by atoms with Gasteiger partial charge >= 0.3 is 5.97 Å². The van der Waals surface area contributed by atoms with Crippen LogP contribution in [0.1, 0.15) is 36.2 Å². The number of carbonyl (C=O) groups is 2. The third-order valence-electron chi connectivity index (χ3n) is 4.00. The Bertz CT molecular complexity index is 876. The van der Waals surface area contributed by atoms with Crippen LogP contribution in [0.5, 0.6) is 0 Å². The van der Waals surface area contributed by atoms with Gasteiger partial charge in [0, 0.05) is 30.4 Å². The van der Waals surface area contributed by atoms with Crippen molar-refractivity contribution < 1.29 is 14.7 Å². The first-order valence-electron chi connectivity index (χ1n) is 8.73. The summed E-state index contributed by atoms with van der Waals surface area (Å²) in [6.45, 7) is 4.73. The number of carboxylic acids is 1. The molecule has 0 atom stereocenters. The molecule has 0 unspecified atom stereocenters. The van der Waals surface area contributed by atoms with Gasteiger partial charge in [0.05, 0.1) is 18.5 Å². The largest absolute Gasteiger partial charge is 0.481 e. The minimum atomic E-state index is -0.958. The molecule has 0 radical (unpaired) electrons. The van der Waals surface area contributed by atoms with E-state index in [4.69, 9.17) is 16.7 Å². The normalized spacial score (nSPS) is 10.8. The van der Waals surface area contributed by atoms with Gasteiger partial charge in [0.25, 0.3) is 11.5 Å². The predicted molar refractivity (Wildman–Crippen MR) is 104 cm³/mol. The topological polar surface area (TPSA) is 79.6 Å². The van der Waals surface area contributed by atoms with E-state index in [1.165, 1.54) is 27.8 Å². The summed E-state index contributed by atoms with van der Waals surface area (Å²) in [5.41, 5.74) is 0.871. The number of rotatable bonds is 8. The molecule has 0 aliphatic heterocycles. The molecule has 2 aromatic rings. The predicted octanol–water partition coefficient (Wildman–Crippen LogP) is 3.12. The van der Waals surface area contributed by atoms with Crippen molar-refractivity contribution in [1.29, 1.82) is 0 Å². The van der Waals surface area contributed by atoms with Gasteiger partial charge in [-0.1, -0.05) is 43.6 Å². The monoisotopic (exact) mass is 390 g/mol. The fourth-order valence-electron chi connectivity index (χ4n) is 2.72. The van der Waals surface area contributed by atoms with Gasteiger partial charge in [-0.25, -0.2) is 0 Å². The Balaban J connectivity index is 2.28. The second kappa shape index (κ2) is 9.37. The summed E-state index contributed by atoms with van der Waals surface area (Å²) in [5, 5.41) is 9.47. The van der Waals surface area contributed by atoms with Gasteiger partial charge in [-0.2, -0.15) is 0 Å². The van der Waals surface area contributed by atoms with Crippen molar-refractivity contribution in [3.8, 4) is 0 Å². The van der Waals surface area contributed by atoms with E-state index >= 15 is 0 Å². The molecule has 0 saturated carbocycles. The Morgan fingerprint density at radius 2 is 1.89 bits per heavy atom. The highest BCUT2D eigenvalue weighted by Gasteiger charge is 2.19. The average Bonchev–Trinajstić information content (AvgIpc) is 2.61. The summed E-state index contributed by atoms with van der Waals surface area (Å²) < 4.78 is 1.43. The number of halogens is 1. The van der Waals surface area contributed by atoms with E-state index in [-0.39, 0.29) is 36.9 Å². The van der Waals surface area contributed by atoms with Gasteiger partial charge < -0.3 is 14.6 Å². The van der Waals surface area contributed by atoms with E-state index in [1.54, 1.807) is 12.1 Å². The summed E-state index contributed by atoms with van der Waals surface area (Å²) >= 11 is 6.16. The van der Waals surface area contributed by atoms with E-state index in [2.05, 4.69) is 0 Å². The maximum atomic E-state index is 12.9. The lowest BCUT2D eigenvalue weighted by molar-refractivity contribution is -0.137. The number of amides is 1. The highest BCUT2D eigenvalue weighted by molar-refractivity contribution is 6.31. The molecule has 0 saturated heterocycles. The van der Waals surface area contributed by atoms with Crippen molar-refractivity contribution in [2.45, 2.75) is 26.8 Å². The molecule has 27 heavy (non-hydrogen) atoms. The van der Waals surface area contributed by atoms with Crippen LogP contribution >= 0.6 is 11.6 Å². The molecule has 7 heteroatoms. The van der Waals surface area contributed by atoms with Gasteiger partial charge in [0.2, 0.25) is 0 Å². The zero-order chi connectivity index (χ0) is 20.0. The Labute approximate surface area is 163 Å².